The van der Waals surface area contributed by atoms with E-state index in [-0.39, 0.29) is 17.9 Å². The number of rotatable bonds is 1. The first-order valence-electron chi connectivity index (χ1n) is 5.81. The highest BCUT2D eigenvalue weighted by Gasteiger charge is 2.33. The molecule has 2 unspecified atom stereocenters. The van der Waals surface area contributed by atoms with Crippen LogP contribution in [0.25, 0.3) is 0 Å². The van der Waals surface area contributed by atoms with Gasteiger partial charge in [-0.25, -0.2) is 0 Å². The van der Waals surface area contributed by atoms with Crippen LogP contribution in [0.1, 0.15) is 20.3 Å². The summed E-state index contributed by atoms with van der Waals surface area (Å²) in [6, 6.07) is 0.321. The standard InChI is InChI=1S/C11H20N2O2/c1-8-6-12-3-4-13(8)11(14)10-5-9(2)15-7-10/h8-10,12H,3-7H2,1-2H3/t8-,9?,10?/m0/s1. The Labute approximate surface area is 91.0 Å². The zero-order valence-electron chi connectivity index (χ0n) is 9.53. The lowest BCUT2D eigenvalue weighted by Gasteiger charge is -2.35. The van der Waals surface area contributed by atoms with Crippen LogP contribution in [-0.4, -0.2) is 49.2 Å². The lowest BCUT2D eigenvalue weighted by molar-refractivity contribution is -0.138. The van der Waals surface area contributed by atoms with Crippen molar-refractivity contribution in [1.29, 1.82) is 0 Å². The third-order valence-electron chi connectivity index (χ3n) is 3.33. The number of piperazine rings is 1. The molecular weight excluding hydrogens is 192 g/mol. The van der Waals surface area contributed by atoms with Crippen molar-refractivity contribution < 1.29 is 9.53 Å². The van der Waals surface area contributed by atoms with Crippen LogP contribution in [0.2, 0.25) is 0 Å². The number of nitrogens with zero attached hydrogens (tertiary/aromatic N) is 1. The molecule has 4 nitrogen and oxygen atoms in total. The summed E-state index contributed by atoms with van der Waals surface area (Å²) in [7, 11) is 0. The molecule has 2 heterocycles. The second-order valence-corrected chi connectivity index (χ2v) is 4.66. The maximum Gasteiger partial charge on any atom is 0.228 e. The molecule has 15 heavy (non-hydrogen) atoms. The van der Waals surface area contributed by atoms with Gasteiger partial charge in [0, 0.05) is 25.7 Å². The third kappa shape index (κ3) is 2.32. The summed E-state index contributed by atoms with van der Waals surface area (Å²) in [6.45, 7) is 7.41. The second kappa shape index (κ2) is 4.49. The van der Waals surface area contributed by atoms with Gasteiger partial charge in [-0.3, -0.25) is 4.79 Å². The summed E-state index contributed by atoms with van der Waals surface area (Å²) < 4.78 is 5.45. The van der Waals surface area contributed by atoms with Crippen LogP contribution in [0.5, 0.6) is 0 Å². The van der Waals surface area contributed by atoms with Gasteiger partial charge in [0.15, 0.2) is 0 Å². The van der Waals surface area contributed by atoms with Crippen molar-refractivity contribution in [2.24, 2.45) is 5.92 Å². The van der Waals surface area contributed by atoms with E-state index < -0.39 is 0 Å². The van der Waals surface area contributed by atoms with E-state index in [9.17, 15) is 4.79 Å². The van der Waals surface area contributed by atoms with E-state index >= 15 is 0 Å². The maximum atomic E-state index is 12.2. The van der Waals surface area contributed by atoms with E-state index in [1.165, 1.54) is 0 Å². The molecule has 0 radical (unpaired) electrons. The second-order valence-electron chi connectivity index (χ2n) is 4.66. The van der Waals surface area contributed by atoms with Crippen LogP contribution in [0.3, 0.4) is 0 Å². The molecule has 86 valence electrons. The number of hydrogen-bond donors (Lipinski definition) is 1. The highest BCUT2D eigenvalue weighted by molar-refractivity contribution is 5.79. The van der Waals surface area contributed by atoms with Crippen molar-refractivity contribution in [2.45, 2.75) is 32.4 Å². The van der Waals surface area contributed by atoms with Crippen LogP contribution in [0.4, 0.5) is 0 Å². The third-order valence-corrected chi connectivity index (χ3v) is 3.33. The first-order valence-corrected chi connectivity index (χ1v) is 5.81. The van der Waals surface area contributed by atoms with Crippen LogP contribution < -0.4 is 5.32 Å². The molecule has 2 fully saturated rings. The molecule has 0 spiro atoms. The van der Waals surface area contributed by atoms with Gasteiger partial charge < -0.3 is 15.0 Å². The smallest absolute Gasteiger partial charge is 0.228 e. The summed E-state index contributed by atoms with van der Waals surface area (Å²) in [5.74, 6) is 0.383. The van der Waals surface area contributed by atoms with Gasteiger partial charge in [-0.15, -0.1) is 0 Å². The van der Waals surface area contributed by atoms with Gasteiger partial charge in [-0.1, -0.05) is 0 Å². The zero-order chi connectivity index (χ0) is 10.8. The Morgan fingerprint density at radius 2 is 2.27 bits per heavy atom. The lowest BCUT2D eigenvalue weighted by Crippen LogP contribution is -2.53. The average molecular weight is 212 g/mol. The quantitative estimate of drug-likeness (QED) is 0.676. The minimum atomic E-state index is 0.0977. The first kappa shape index (κ1) is 10.9. The first-order chi connectivity index (χ1) is 7.18. The molecule has 1 amide bonds. The Kier molecular flexibility index (Phi) is 3.26. The maximum absolute atomic E-state index is 12.2. The summed E-state index contributed by atoms with van der Waals surface area (Å²) in [6.07, 6.45) is 1.13. The number of ether oxygens (including phenoxy) is 1. The van der Waals surface area contributed by atoms with Crippen molar-refractivity contribution in [3.63, 3.8) is 0 Å². The molecule has 0 saturated carbocycles. The molecule has 0 aromatic carbocycles. The number of carbonyl (C=O) groups is 1. The Morgan fingerprint density at radius 1 is 1.47 bits per heavy atom. The van der Waals surface area contributed by atoms with E-state index in [0.717, 1.165) is 26.1 Å². The van der Waals surface area contributed by atoms with Gasteiger partial charge in [0.1, 0.15) is 0 Å². The summed E-state index contributed by atoms with van der Waals surface area (Å²) in [5.41, 5.74) is 0. The molecule has 2 rings (SSSR count). The van der Waals surface area contributed by atoms with Crippen molar-refractivity contribution in [3.05, 3.63) is 0 Å². The minimum Gasteiger partial charge on any atom is -0.378 e. The molecule has 0 aromatic heterocycles. The van der Waals surface area contributed by atoms with Crippen LogP contribution in [0.15, 0.2) is 0 Å². The fourth-order valence-corrected chi connectivity index (χ4v) is 2.39. The van der Waals surface area contributed by atoms with Crippen molar-refractivity contribution >= 4 is 5.91 Å². The molecule has 2 saturated heterocycles. The van der Waals surface area contributed by atoms with Crippen molar-refractivity contribution in [1.82, 2.24) is 10.2 Å². The molecule has 2 aliphatic rings. The van der Waals surface area contributed by atoms with Crippen molar-refractivity contribution in [3.8, 4) is 0 Å². The number of nitrogens with one attached hydrogen (secondary N) is 1. The van der Waals surface area contributed by atoms with Crippen LogP contribution in [0, 0.1) is 5.92 Å². The topological polar surface area (TPSA) is 41.6 Å². The highest BCUT2D eigenvalue weighted by atomic mass is 16.5. The van der Waals surface area contributed by atoms with Gasteiger partial charge in [0.25, 0.3) is 0 Å². The number of amides is 1. The monoisotopic (exact) mass is 212 g/mol. The summed E-state index contributed by atoms with van der Waals surface area (Å²) in [5, 5.41) is 3.29. The zero-order valence-corrected chi connectivity index (χ0v) is 9.53. The molecule has 2 aliphatic heterocycles. The molecular formula is C11H20N2O2. The molecule has 0 aromatic rings. The Balaban J connectivity index is 1.94. The predicted octanol–water partition coefficient (Wildman–Crippen LogP) is 0.232. The van der Waals surface area contributed by atoms with Crippen LogP contribution in [-0.2, 0) is 9.53 Å². The van der Waals surface area contributed by atoms with Gasteiger partial charge in [0.2, 0.25) is 5.91 Å². The van der Waals surface area contributed by atoms with Gasteiger partial charge in [-0.2, -0.15) is 0 Å². The number of hydrogen-bond acceptors (Lipinski definition) is 3. The van der Waals surface area contributed by atoms with E-state index in [2.05, 4.69) is 12.2 Å². The highest BCUT2D eigenvalue weighted by Crippen LogP contribution is 2.22. The molecule has 4 heteroatoms. The summed E-state index contributed by atoms with van der Waals surface area (Å²) in [4.78, 5) is 14.2. The minimum absolute atomic E-state index is 0.0977. The summed E-state index contributed by atoms with van der Waals surface area (Å²) >= 11 is 0. The fourth-order valence-electron chi connectivity index (χ4n) is 2.39. The molecule has 3 atom stereocenters. The fraction of sp³-hybridized carbons (Fsp3) is 0.909. The lowest BCUT2D eigenvalue weighted by atomic mass is 10.0. The van der Waals surface area contributed by atoms with E-state index in [1.807, 2.05) is 11.8 Å². The predicted molar refractivity (Wildman–Crippen MR) is 57.6 cm³/mol. The Bertz CT molecular complexity index is 245. The van der Waals surface area contributed by atoms with Gasteiger partial charge >= 0.3 is 0 Å². The Morgan fingerprint density at radius 3 is 2.87 bits per heavy atom. The SMILES string of the molecule is CC1CC(C(=O)N2CCNC[C@@H]2C)CO1. The van der Waals surface area contributed by atoms with Gasteiger partial charge in [0.05, 0.1) is 18.6 Å². The molecule has 1 N–H and O–H groups in total. The van der Waals surface area contributed by atoms with E-state index in [1.54, 1.807) is 0 Å². The Hall–Kier alpha value is -0.610. The largest absolute Gasteiger partial charge is 0.378 e. The van der Waals surface area contributed by atoms with Gasteiger partial charge in [-0.05, 0) is 20.3 Å². The van der Waals surface area contributed by atoms with Crippen molar-refractivity contribution in [2.75, 3.05) is 26.2 Å². The number of carbonyl (C=O) groups excluding carboxylic acids is 1. The normalized spacial score (nSPS) is 36.9. The molecule has 0 bridgehead atoms. The average Bonchev–Trinajstić information content (AvgIpc) is 2.65. The molecule has 0 aliphatic carbocycles. The van der Waals surface area contributed by atoms with Crippen LogP contribution >= 0.6 is 0 Å². The van der Waals surface area contributed by atoms with E-state index in [4.69, 9.17) is 4.74 Å². The van der Waals surface area contributed by atoms with E-state index in [0.29, 0.717) is 12.6 Å².